The number of carbonyl (C=O) groups excluding carboxylic acids is 2. The Bertz CT molecular complexity index is 874. The zero-order chi connectivity index (χ0) is 20.1. The smallest absolute Gasteiger partial charge is 0.341 e. The van der Waals surface area contributed by atoms with Gasteiger partial charge in [-0.15, -0.1) is 11.3 Å². The number of methoxy groups -OCH3 is 1. The Balaban J connectivity index is 1.80. The number of carboxylic acid groups (broad SMARTS) is 1. The molecule has 1 aromatic heterocycles. The third kappa shape index (κ3) is 4.59. The second kappa shape index (κ2) is 9.01. The molecule has 1 atom stereocenters. The normalized spacial score (nSPS) is 15.5. The van der Waals surface area contributed by atoms with Gasteiger partial charge < -0.3 is 15.2 Å². The van der Waals surface area contributed by atoms with Crippen LogP contribution in [0.3, 0.4) is 0 Å². The van der Waals surface area contributed by atoms with E-state index < -0.39 is 11.9 Å². The summed E-state index contributed by atoms with van der Waals surface area (Å²) in [6.07, 6.45) is 2.81. The quantitative estimate of drug-likeness (QED) is 0.684. The van der Waals surface area contributed by atoms with Crippen molar-refractivity contribution in [1.29, 1.82) is 0 Å². The molecular weight excluding hydrogens is 378 g/mol. The van der Waals surface area contributed by atoms with Crippen LogP contribution in [0.4, 0.5) is 5.00 Å². The molecule has 3 rings (SSSR count). The van der Waals surface area contributed by atoms with E-state index in [1.807, 2.05) is 18.2 Å². The van der Waals surface area contributed by atoms with Crippen molar-refractivity contribution in [2.24, 2.45) is 0 Å². The zero-order valence-corrected chi connectivity index (χ0v) is 16.5. The molecule has 1 amide bonds. The minimum absolute atomic E-state index is 0.0586. The number of hydrogen-bond acceptors (Lipinski definition) is 5. The first-order chi connectivity index (χ1) is 13.5. The minimum atomic E-state index is -0.929. The minimum Gasteiger partial charge on any atom is -0.481 e. The first-order valence-electron chi connectivity index (χ1n) is 9.29. The van der Waals surface area contributed by atoms with E-state index >= 15 is 0 Å². The molecule has 0 aliphatic heterocycles. The van der Waals surface area contributed by atoms with Gasteiger partial charge in [0, 0.05) is 17.7 Å². The molecule has 0 unspecified atom stereocenters. The van der Waals surface area contributed by atoms with E-state index in [9.17, 15) is 14.4 Å². The molecule has 28 heavy (non-hydrogen) atoms. The molecule has 0 fully saturated rings. The van der Waals surface area contributed by atoms with Crippen molar-refractivity contribution >= 4 is 34.2 Å². The molecule has 2 aromatic rings. The van der Waals surface area contributed by atoms with Gasteiger partial charge in [0.1, 0.15) is 5.00 Å². The van der Waals surface area contributed by atoms with Crippen molar-refractivity contribution < 1.29 is 24.2 Å². The number of amides is 1. The van der Waals surface area contributed by atoms with E-state index in [1.165, 1.54) is 24.0 Å². The molecule has 0 bridgehead atoms. The first kappa shape index (κ1) is 20.1. The van der Waals surface area contributed by atoms with E-state index in [1.54, 1.807) is 0 Å². The summed E-state index contributed by atoms with van der Waals surface area (Å²) in [5, 5.41) is 12.0. The molecular formula is C21H23NO5S. The van der Waals surface area contributed by atoms with Crippen molar-refractivity contribution in [3.05, 3.63) is 51.9 Å². The van der Waals surface area contributed by atoms with Gasteiger partial charge in [0.05, 0.1) is 12.7 Å². The Morgan fingerprint density at radius 2 is 1.96 bits per heavy atom. The number of carbonyl (C=O) groups is 3. The molecule has 0 radical (unpaired) electrons. The summed E-state index contributed by atoms with van der Waals surface area (Å²) in [6, 6.07) is 10.3. The van der Waals surface area contributed by atoms with Gasteiger partial charge in [0.2, 0.25) is 5.91 Å². The van der Waals surface area contributed by atoms with E-state index in [2.05, 4.69) is 17.4 Å². The average molecular weight is 401 g/mol. The van der Waals surface area contributed by atoms with E-state index in [0.717, 1.165) is 29.7 Å². The Kier molecular flexibility index (Phi) is 6.46. The van der Waals surface area contributed by atoms with Crippen LogP contribution in [-0.4, -0.2) is 30.1 Å². The van der Waals surface area contributed by atoms with Crippen molar-refractivity contribution in [2.75, 3.05) is 12.4 Å². The molecule has 0 spiro atoms. The van der Waals surface area contributed by atoms with Gasteiger partial charge in [-0.1, -0.05) is 30.3 Å². The molecule has 7 heteroatoms. The predicted molar refractivity (Wildman–Crippen MR) is 107 cm³/mol. The van der Waals surface area contributed by atoms with Crippen LogP contribution < -0.4 is 5.32 Å². The van der Waals surface area contributed by atoms with Gasteiger partial charge in [0.15, 0.2) is 0 Å². The Morgan fingerprint density at radius 1 is 1.21 bits per heavy atom. The molecule has 0 saturated carbocycles. The van der Waals surface area contributed by atoms with Crippen LogP contribution in [0.5, 0.6) is 0 Å². The van der Waals surface area contributed by atoms with Gasteiger partial charge >= 0.3 is 11.9 Å². The standard InChI is InChI=1S/C21H23NO5S/c1-27-21(26)19-15-11-10-14(13-6-3-2-4-7-13)12-16(15)28-20(19)22-17(23)8-5-9-18(24)25/h2-4,6-7,14H,5,8-12H2,1H3,(H,22,23)(H,24,25)/t14-/m0/s1. The number of hydrogen-bond donors (Lipinski definition) is 2. The highest BCUT2D eigenvalue weighted by Crippen LogP contribution is 2.42. The number of aliphatic carboxylic acids is 1. The van der Waals surface area contributed by atoms with Crippen LogP contribution in [0.25, 0.3) is 0 Å². The van der Waals surface area contributed by atoms with Crippen LogP contribution in [-0.2, 0) is 27.2 Å². The van der Waals surface area contributed by atoms with Crippen molar-refractivity contribution in [3.8, 4) is 0 Å². The van der Waals surface area contributed by atoms with E-state index in [4.69, 9.17) is 9.84 Å². The molecule has 1 aromatic carbocycles. The van der Waals surface area contributed by atoms with Crippen molar-refractivity contribution in [3.63, 3.8) is 0 Å². The summed E-state index contributed by atoms with van der Waals surface area (Å²) in [4.78, 5) is 36.3. The lowest BCUT2D eigenvalue weighted by Gasteiger charge is -2.22. The number of ether oxygens (including phenoxy) is 1. The lowest BCUT2D eigenvalue weighted by Crippen LogP contribution is -2.16. The highest BCUT2D eigenvalue weighted by atomic mass is 32.1. The molecule has 6 nitrogen and oxygen atoms in total. The molecule has 1 heterocycles. The number of benzene rings is 1. The fourth-order valence-corrected chi connectivity index (χ4v) is 4.92. The maximum atomic E-state index is 12.4. The highest BCUT2D eigenvalue weighted by molar-refractivity contribution is 7.17. The zero-order valence-electron chi connectivity index (χ0n) is 15.7. The van der Waals surface area contributed by atoms with Crippen LogP contribution in [0.1, 0.15) is 58.0 Å². The van der Waals surface area contributed by atoms with Crippen molar-refractivity contribution in [1.82, 2.24) is 0 Å². The number of rotatable bonds is 7. The lowest BCUT2D eigenvalue weighted by atomic mass is 9.83. The highest BCUT2D eigenvalue weighted by Gasteiger charge is 2.30. The van der Waals surface area contributed by atoms with E-state index in [-0.39, 0.29) is 25.2 Å². The molecule has 1 aliphatic carbocycles. The second-order valence-electron chi connectivity index (χ2n) is 6.85. The summed E-state index contributed by atoms with van der Waals surface area (Å²) in [5.41, 5.74) is 2.69. The third-order valence-electron chi connectivity index (χ3n) is 4.97. The fraction of sp³-hybridized carbons (Fsp3) is 0.381. The molecule has 2 N–H and O–H groups in total. The molecule has 1 aliphatic rings. The number of carboxylic acids is 1. The van der Waals surface area contributed by atoms with Gasteiger partial charge in [-0.3, -0.25) is 9.59 Å². The van der Waals surface area contributed by atoms with Crippen molar-refractivity contribution in [2.45, 2.75) is 44.4 Å². The monoisotopic (exact) mass is 401 g/mol. The summed E-state index contributed by atoms with van der Waals surface area (Å²) >= 11 is 1.42. The first-order valence-corrected chi connectivity index (χ1v) is 10.1. The Morgan fingerprint density at radius 3 is 2.64 bits per heavy atom. The largest absolute Gasteiger partial charge is 0.481 e. The number of thiophene rings is 1. The summed E-state index contributed by atoms with van der Waals surface area (Å²) in [5.74, 6) is -1.28. The van der Waals surface area contributed by atoms with Crippen LogP contribution >= 0.6 is 11.3 Å². The second-order valence-corrected chi connectivity index (χ2v) is 7.95. The summed E-state index contributed by atoms with van der Waals surface area (Å²) in [6.45, 7) is 0. The maximum Gasteiger partial charge on any atom is 0.341 e. The predicted octanol–water partition coefficient (Wildman–Crippen LogP) is 4.00. The summed E-state index contributed by atoms with van der Waals surface area (Å²) in [7, 11) is 1.33. The summed E-state index contributed by atoms with van der Waals surface area (Å²) < 4.78 is 4.95. The number of esters is 1. The van der Waals surface area contributed by atoms with Gasteiger partial charge in [0.25, 0.3) is 0 Å². The Hall–Kier alpha value is -2.67. The van der Waals surface area contributed by atoms with Crippen LogP contribution in [0, 0.1) is 0 Å². The van der Waals surface area contributed by atoms with Gasteiger partial charge in [-0.25, -0.2) is 4.79 Å². The SMILES string of the molecule is COC(=O)c1c(NC(=O)CCCC(=O)O)sc2c1CC[C@H](c1ccccc1)C2. The fourth-order valence-electron chi connectivity index (χ4n) is 3.59. The van der Waals surface area contributed by atoms with E-state index in [0.29, 0.717) is 16.5 Å². The van der Waals surface area contributed by atoms with Crippen LogP contribution in [0.15, 0.2) is 30.3 Å². The number of fused-ring (bicyclic) bond motifs is 1. The molecule has 148 valence electrons. The lowest BCUT2D eigenvalue weighted by molar-refractivity contribution is -0.137. The molecule has 0 saturated heterocycles. The van der Waals surface area contributed by atoms with Gasteiger partial charge in [-0.2, -0.15) is 0 Å². The van der Waals surface area contributed by atoms with Gasteiger partial charge in [-0.05, 0) is 42.7 Å². The number of anilines is 1. The Labute approximate surface area is 167 Å². The number of nitrogens with one attached hydrogen (secondary N) is 1. The van der Waals surface area contributed by atoms with Crippen LogP contribution in [0.2, 0.25) is 0 Å². The topological polar surface area (TPSA) is 92.7 Å². The third-order valence-corrected chi connectivity index (χ3v) is 6.14. The average Bonchev–Trinajstić information content (AvgIpc) is 3.04. The maximum absolute atomic E-state index is 12.4.